The van der Waals surface area contributed by atoms with E-state index in [-0.39, 0.29) is 6.10 Å². The van der Waals surface area contributed by atoms with Crippen LogP contribution in [-0.4, -0.2) is 36.3 Å². The van der Waals surface area contributed by atoms with Gasteiger partial charge in [-0.05, 0) is 45.2 Å². The molecule has 0 amide bonds. The second-order valence-electron chi connectivity index (χ2n) is 6.92. The Morgan fingerprint density at radius 1 is 1.00 bits per heavy atom. The first-order chi connectivity index (χ1) is 13.5. The molecule has 1 N–H and O–H groups in total. The molecule has 0 bridgehead atoms. The maximum Gasteiger partial charge on any atom is 0.242 e. The van der Waals surface area contributed by atoms with Gasteiger partial charge in [0, 0.05) is 17.7 Å². The first-order valence-electron chi connectivity index (χ1n) is 10.0. The molecule has 0 unspecified atom stereocenters. The van der Waals surface area contributed by atoms with E-state index in [1.54, 1.807) is 14.2 Å². The summed E-state index contributed by atoms with van der Waals surface area (Å²) in [6, 6.07) is 6.09. The van der Waals surface area contributed by atoms with Crippen LogP contribution in [0.5, 0.6) is 17.4 Å². The van der Waals surface area contributed by atoms with E-state index in [2.05, 4.69) is 26.1 Å². The van der Waals surface area contributed by atoms with Crippen LogP contribution in [0.4, 0.5) is 5.82 Å². The standard InChI is InChI=1S/C22H33N3O3/c1-8-15(9-2)23-21-18(10-3)24-20(22(25-21)27-7)17-12-11-16(28-14(4)5)13-19(17)26-6/h11-15H,8-10H2,1-7H3,(H,23,25). The van der Waals surface area contributed by atoms with Crippen LogP contribution in [-0.2, 0) is 6.42 Å². The molecule has 0 radical (unpaired) electrons. The summed E-state index contributed by atoms with van der Waals surface area (Å²) in [5, 5.41) is 3.51. The van der Waals surface area contributed by atoms with E-state index in [1.165, 1.54) is 0 Å². The highest BCUT2D eigenvalue weighted by atomic mass is 16.5. The van der Waals surface area contributed by atoms with Crippen molar-refractivity contribution in [1.82, 2.24) is 9.97 Å². The fourth-order valence-corrected chi connectivity index (χ4v) is 3.03. The zero-order valence-corrected chi connectivity index (χ0v) is 18.1. The van der Waals surface area contributed by atoms with Crippen LogP contribution in [0.15, 0.2) is 18.2 Å². The van der Waals surface area contributed by atoms with Crippen molar-refractivity contribution in [1.29, 1.82) is 0 Å². The van der Waals surface area contributed by atoms with E-state index in [0.717, 1.165) is 42.1 Å². The van der Waals surface area contributed by atoms with E-state index in [4.69, 9.17) is 24.2 Å². The fourth-order valence-electron chi connectivity index (χ4n) is 3.03. The SMILES string of the molecule is CCc1nc(-c2ccc(OC(C)C)cc2OC)c(OC)nc1NC(CC)CC. The van der Waals surface area contributed by atoms with Crippen molar-refractivity contribution in [3.63, 3.8) is 0 Å². The Balaban J connectivity index is 2.53. The first kappa shape index (κ1) is 21.8. The van der Waals surface area contributed by atoms with Gasteiger partial charge in [0.2, 0.25) is 5.88 Å². The average Bonchev–Trinajstić information content (AvgIpc) is 2.70. The zero-order chi connectivity index (χ0) is 20.7. The number of hydrogen-bond acceptors (Lipinski definition) is 6. The molecule has 0 saturated carbocycles. The average molecular weight is 388 g/mol. The van der Waals surface area contributed by atoms with Gasteiger partial charge >= 0.3 is 0 Å². The summed E-state index contributed by atoms with van der Waals surface area (Å²) in [5.41, 5.74) is 2.40. The van der Waals surface area contributed by atoms with Gasteiger partial charge in [-0.25, -0.2) is 4.98 Å². The lowest BCUT2D eigenvalue weighted by Crippen LogP contribution is -2.20. The third kappa shape index (κ3) is 5.06. The third-order valence-corrected chi connectivity index (χ3v) is 4.59. The number of nitrogens with zero attached hydrogens (tertiary/aromatic N) is 2. The first-order valence-corrected chi connectivity index (χ1v) is 10.0. The maximum atomic E-state index is 5.78. The Kier molecular flexibility index (Phi) is 7.91. The lowest BCUT2D eigenvalue weighted by molar-refractivity contribution is 0.241. The highest BCUT2D eigenvalue weighted by Crippen LogP contribution is 2.38. The Labute approximate surface area is 168 Å². The van der Waals surface area contributed by atoms with Crippen molar-refractivity contribution in [2.45, 2.75) is 66.0 Å². The number of benzene rings is 1. The molecule has 6 heteroatoms. The van der Waals surface area contributed by atoms with Gasteiger partial charge in [-0.1, -0.05) is 20.8 Å². The zero-order valence-electron chi connectivity index (χ0n) is 18.1. The van der Waals surface area contributed by atoms with Crippen LogP contribution in [0.25, 0.3) is 11.3 Å². The molecule has 6 nitrogen and oxygen atoms in total. The minimum Gasteiger partial charge on any atom is -0.496 e. The lowest BCUT2D eigenvalue weighted by atomic mass is 10.1. The predicted molar refractivity (Wildman–Crippen MR) is 114 cm³/mol. The molecule has 154 valence electrons. The van der Waals surface area contributed by atoms with Crippen molar-refractivity contribution in [2.24, 2.45) is 0 Å². The summed E-state index contributed by atoms with van der Waals surface area (Å²) in [6.45, 7) is 10.4. The molecule has 1 aromatic heterocycles. The summed E-state index contributed by atoms with van der Waals surface area (Å²) in [4.78, 5) is 9.62. The summed E-state index contributed by atoms with van der Waals surface area (Å²) in [5.74, 6) is 2.69. The maximum absolute atomic E-state index is 5.78. The molecule has 0 saturated heterocycles. The summed E-state index contributed by atoms with van der Waals surface area (Å²) in [7, 11) is 3.25. The molecule has 2 rings (SSSR count). The van der Waals surface area contributed by atoms with Crippen LogP contribution in [0.3, 0.4) is 0 Å². The smallest absolute Gasteiger partial charge is 0.242 e. The monoisotopic (exact) mass is 387 g/mol. The Hall–Kier alpha value is -2.50. The molecule has 2 aromatic rings. The lowest BCUT2D eigenvalue weighted by Gasteiger charge is -2.20. The molecule has 0 aliphatic rings. The van der Waals surface area contributed by atoms with E-state index in [0.29, 0.717) is 23.4 Å². The van der Waals surface area contributed by atoms with Gasteiger partial charge in [-0.2, -0.15) is 4.98 Å². The molecule has 0 aliphatic carbocycles. The van der Waals surface area contributed by atoms with Gasteiger partial charge < -0.3 is 19.5 Å². The van der Waals surface area contributed by atoms with Crippen LogP contribution in [0.1, 0.15) is 53.2 Å². The van der Waals surface area contributed by atoms with E-state index < -0.39 is 0 Å². The Morgan fingerprint density at radius 2 is 1.71 bits per heavy atom. The quantitative estimate of drug-likeness (QED) is 0.611. The number of hydrogen-bond donors (Lipinski definition) is 1. The van der Waals surface area contributed by atoms with Gasteiger partial charge in [0.25, 0.3) is 0 Å². The molecule has 0 aliphatic heterocycles. The van der Waals surface area contributed by atoms with Crippen molar-refractivity contribution in [3.05, 3.63) is 23.9 Å². The molecule has 0 atom stereocenters. The van der Waals surface area contributed by atoms with Gasteiger partial charge in [0.1, 0.15) is 17.2 Å². The van der Waals surface area contributed by atoms with Crippen molar-refractivity contribution in [3.8, 4) is 28.6 Å². The van der Waals surface area contributed by atoms with Gasteiger partial charge in [-0.15, -0.1) is 0 Å². The van der Waals surface area contributed by atoms with E-state index in [1.807, 2.05) is 32.0 Å². The van der Waals surface area contributed by atoms with Crippen molar-refractivity contribution < 1.29 is 14.2 Å². The van der Waals surface area contributed by atoms with E-state index >= 15 is 0 Å². The molecule has 0 fully saturated rings. The number of aromatic nitrogens is 2. The number of ether oxygens (including phenoxy) is 3. The third-order valence-electron chi connectivity index (χ3n) is 4.59. The summed E-state index contributed by atoms with van der Waals surface area (Å²) < 4.78 is 17.0. The summed E-state index contributed by atoms with van der Waals surface area (Å²) >= 11 is 0. The molecule has 0 spiro atoms. The second kappa shape index (κ2) is 10.2. The molecular formula is C22H33N3O3. The number of anilines is 1. The number of methoxy groups -OCH3 is 2. The van der Waals surface area contributed by atoms with Crippen molar-refractivity contribution in [2.75, 3.05) is 19.5 Å². The number of aryl methyl sites for hydroxylation is 1. The van der Waals surface area contributed by atoms with Gasteiger partial charge in [0.15, 0.2) is 5.82 Å². The van der Waals surface area contributed by atoms with Crippen LogP contribution < -0.4 is 19.5 Å². The minimum atomic E-state index is 0.0898. The highest BCUT2D eigenvalue weighted by Gasteiger charge is 2.20. The van der Waals surface area contributed by atoms with Gasteiger partial charge in [-0.3, -0.25) is 0 Å². The predicted octanol–water partition coefficient (Wildman–Crippen LogP) is 5.11. The van der Waals surface area contributed by atoms with Gasteiger partial charge in [0.05, 0.1) is 26.0 Å². The fraction of sp³-hybridized carbons (Fsp3) is 0.545. The Morgan fingerprint density at radius 3 is 2.25 bits per heavy atom. The molecule has 28 heavy (non-hydrogen) atoms. The summed E-state index contributed by atoms with van der Waals surface area (Å²) in [6.07, 6.45) is 2.91. The topological polar surface area (TPSA) is 65.5 Å². The van der Waals surface area contributed by atoms with Crippen LogP contribution >= 0.6 is 0 Å². The van der Waals surface area contributed by atoms with Crippen molar-refractivity contribution >= 4 is 5.82 Å². The number of rotatable bonds is 10. The number of nitrogens with one attached hydrogen (secondary N) is 1. The van der Waals surface area contributed by atoms with Crippen LogP contribution in [0.2, 0.25) is 0 Å². The normalized spacial score (nSPS) is 11.0. The minimum absolute atomic E-state index is 0.0898. The highest BCUT2D eigenvalue weighted by molar-refractivity contribution is 5.73. The second-order valence-corrected chi connectivity index (χ2v) is 6.92. The Bertz CT molecular complexity index is 774. The largest absolute Gasteiger partial charge is 0.496 e. The van der Waals surface area contributed by atoms with E-state index in [9.17, 15) is 0 Å². The molecule has 1 aromatic carbocycles. The van der Waals surface area contributed by atoms with Crippen LogP contribution in [0, 0.1) is 0 Å². The molecule has 1 heterocycles. The molecular weight excluding hydrogens is 354 g/mol.